The van der Waals surface area contributed by atoms with E-state index < -0.39 is 0 Å². The quantitative estimate of drug-likeness (QED) is 0.243. The number of pyridine rings is 1. The van der Waals surface area contributed by atoms with Gasteiger partial charge in [0.25, 0.3) is 5.91 Å². The number of nitrogen functional groups attached to an aromatic ring is 1. The highest BCUT2D eigenvalue weighted by molar-refractivity contribution is 5.99. The number of ether oxygens (including phenoxy) is 1. The maximum atomic E-state index is 13.2. The lowest BCUT2D eigenvalue weighted by Crippen LogP contribution is -2.41. The highest BCUT2D eigenvalue weighted by Gasteiger charge is 2.30. The SMILES string of the molecule is CC(C)n1ccc2cc(-c3ccc(CO[C@H]4CCC[C@@H]4NC(=O)c4cc(-c5cnn(C)c5)cnc4N)cc3)ccc21. The molecule has 1 saturated carbocycles. The summed E-state index contributed by atoms with van der Waals surface area (Å²) in [5, 5.41) is 8.61. The number of hydrogen-bond donors (Lipinski definition) is 2. The van der Waals surface area contributed by atoms with Crippen molar-refractivity contribution in [3.8, 4) is 22.3 Å². The highest BCUT2D eigenvalue weighted by atomic mass is 16.5. The Morgan fingerprint density at radius 2 is 1.83 bits per heavy atom. The van der Waals surface area contributed by atoms with E-state index in [4.69, 9.17) is 10.5 Å². The Kier molecular flexibility index (Phi) is 7.32. The van der Waals surface area contributed by atoms with Crippen LogP contribution in [0.3, 0.4) is 0 Å². The Balaban J connectivity index is 1.08. The van der Waals surface area contributed by atoms with Gasteiger partial charge in [-0.05, 0) is 74.1 Å². The van der Waals surface area contributed by atoms with Crippen LogP contribution in [0.2, 0.25) is 0 Å². The van der Waals surface area contributed by atoms with Gasteiger partial charge >= 0.3 is 0 Å². The topological polar surface area (TPSA) is 100.0 Å². The molecule has 1 fully saturated rings. The number of rotatable bonds is 8. The molecule has 0 spiro atoms. The third-order valence-electron chi connectivity index (χ3n) is 8.00. The Labute approximate surface area is 240 Å². The molecule has 2 aromatic carbocycles. The summed E-state index contributed by atoms with van der Waals surface area (Å²) in [5.41, 5.74) is 12.9. The van der Waals surface area contributed by atoms with Crippen molar-refractivity contribution in [1.29, 1.82) is 0 Å². The minimum atomic E-state index is -0.230. The predicted octanol–water partition coefficient (Wildman–Crippen LogP) is 6.13. The van der Waals surface area contributed by atoms with Crippen molar-refractivity contribution in [1.82, 2.24) is 24.6 Å². The molecule has 1 aliphatic carbocycles. The number of nitrogens with zero attached hydrogens (tertiary/aromatic N) is 4. The molecule has 3 aromatic heterocycles. The average Bonchev–Trinajstić information content (AvgIpc) is 3.72. The summed E-state index contributed by atoms with van der Waals surface area (Å²) in [7, 11) is 1.85. The van der Waals surface area contributed by atoms with Gasteiger partial charge in [-0.1, -0.05) is 30.3 Å². The van der Waals surface area contributed by atoms with Gasteiger partial charge in [0.2, 0.25) is 0 Å². The molecule has 0 unspecified atom stereocenters. The number of fused-ring (bicyclic) bond motifs is 1. The third kappa shape index (κ3) is 5.60. The van der Waals surface area contributed by atoms with Crippen LogP contribution >= 0.6 is 0 Å². The number of amides is 1. The standard InChI is InChI=1S/C33H36N6O2/c1-21(2)39-14-13-25-15-24(11-12-30(25)39)23-9-7-22(8-10-23)20-41-31-6-4-5-29(31)37-33(40)28-16-26(17-35-32(28)34)27-18-36-38(3)19-27/h7-19,21,29,31H,4-6,20H2,1-3H3,(H2,34,35)(H,37,40)/t29-,31-/m0/s1. The summed E-state index contributed by atoms with van der Waals surface area (Å²) in [5.74, 6) is -0.0198. The second-order valence-corrected chi connectivity index (χ2v) is 11.2. The van der Waals surface area contributed by atoms with Crippen LogP contribution in [0.5, 0.6) is 0 Å². The van der Waals surface area contributed by atoms with Crippen LogP contribution in [0, 0.1) is 0 Å². The van der Waals surface area contributed by atoms with Crippen molar-refractivity contribution in [2.45, 2.75) is 57.9 Å². The minimum Gasteiger partial charge on any atom is -0.383 e. The fraction of sp³-hybridized carbons (Fsp3) is 0.303. The van der Waals surface area contributed by atoms with Gasteiger partial charge in [-0.15, -0.1) is 0 Å². The van der Waals surface area contributed by atoms with Crippen molar-refractivity contribution in [3.63, 3.8) is 0 Å². The van der Waals surface area contributed by atoms with Crippen molar-refractivity contribution in [2.24, 2.45) is 7.05 Å². The number of aromatic nitrogens is 4. The first kappa shape index (κ1) is 26.8. The van der Waals surface area contributed by atoms with E-state index in [1.165, 1.54) is 22.0 Å². The van der Waals surface area contributed by atoms with E-state index in [1.807, 2.05) is 13.2 Å². The van der Waals surface area contributed by atoms with E-state index in [9.17, 15) is 4.79 Å². The predicted molar refractivity (Wildman–Crippen MR) is 162 cm³/mol. The molecule has 6 rings (SSSR count). The first-order valence-corrected chi connectivity index (χ1v) is 14.2. The van der Waals surface area contributed by atoms with Gasteiger partial charge in [-0.25, -0.2) is 4.98 Å². The van der Waals surface area contributed by atoms with Gasteiger partial charge in [0.05, 0.1) is 30.5 Å². The zero-order valence-corrected chi connectivity index (χ0v) is 23.7. The number of hydrogen-bond acceptors (Lipinski definition) is 5. The summed E-state index contributed by atoms with van der Waals surface area (Å²) < 4.78 is 10.3. The second-order valence-electron chi connectivity index (χ2n) is 11.2. The second kappa shape index (κ2) is 11.2. The van der Waals surface area contributed by atoms with E-state index in [-0.39, 0.29) is 23.9 Å². The van der Waals surface area contributed by atoms with Crippen molar-refractivity contribution in [2.75, 3.05) is 5.73 Å². The number of anilines is 1. The number of aryl methyl sites for hydroxylation is 1. The summed E-state index contributed by atoms with van der Waals surface area (Å²) in [4.78, 5) is 17.5. The van der Waals surface area contributed by atoms with Gasteiger partial charge in [-0.3, -0.25) is 9.48 Å². The van der Waals surface area contributed by atoms with E-state index in [1.54, 1.807) is 23.1 Å². The van der Waals surface area contributed by atoms with Crippen LogP contribution in [0.25, 0.3) is 33.2 Å². The smallest absolute Gasteiger partial charge is 0.255 e. The lowest BCUT2D eigenvalue weighted by atomic mass is 10.0. The van der Waals surface area contributed by atoms with Crippen molar-refractivity contribution in [3.05, 3.63) is 90.5 Å². The summed E-state index contributed by atoms with van der Waals surface area (Å²) in [6, 6.07) is 19.5. The number of benzene rings is 2. The lowest BCUT2D eigenvalue weighted by Gasteiger charge is -2.22. The molecular weight excluding hydrogens is 512 g/mol. The van der Waals surface area contributed by atoms with Crippen LogP contribution in [-0.4, -0.2) is 37.4 Å². The molecule has 210 valence electrons. The minimum absolute atomic E-state index is 0.0540. The molecule has 1 aliphatic rings. The molecule has 0 aliphatic heterocycles. The molecule has 5 aromatic rings. The Morgan fingerprint density at radius 1 is 1.02 bits per heavy atom. The molecule has 0 radical (unpaired) electrons. The average molecular weight is 549 g/mol. The van der Waals surface area contributed by atoms with Crippen LogP contribution in [0.4, 0.5) is 5.82 Å². The van der Waals surface area contributed by atoms with Gasteiger partial charge in [0, 0.05) is 53.7 Å². The summed E-state index contributed by atoms with van der Waals surface area (Å²) in [6.45, 7) is 4.90. The number of carbonyl (C=O) groups is 1. The highest BCUT2D eigenvalue weighted by Crippen LogP contribution is 2.29. The first-order valence-electron chi connectivity index (χ1n) is 14.2. The molecular formula is C33H36N6O2. The largest absolute Gasteiger partial charge is 0.383 e. The lowest BCUT2D eigenvalue weighted by molar-refractivity contribution is 0.0272. The molecule has 3 heterocycles. The molecule has 0 saturated heterocycles. The number of nitrogens with one attached hydrogen (secondary N) is 1. The molecule has 8 nitrogen and oxygen atoms in total. The molecule has 2 atom stereocenters. The summed E-state index contributed by atoms with van der Waals surface area (Å²) in [6.07, 6.45) is 10.2. The Morgan fingerprint density at radius 3 is 2.59 bits per heavy atom. The number of carbonyl (C=O) groups excluding carboxylic acids is 1. The van der Waals surface area contributed by atoms with Gasteiger partial charge in [0.1, 0.15) is 5.82 Å². The fourth-order valence-corrected chi connectivity index (χ4v) is 5.71. The Bertz CT molecular complexity index is 1680. The normalized spacial score (nSPS) is 17.0. The van der Waals surface area contributed by atoms with Crippen molar-refractivity contribution < 1.29 is 9.53 Å². The van der Waals surface area contributed by atoms with Crippen molar-refractivity contribution >= 4 is 22.6 Å². The molecule has 3 N–H and O–H groups in total. The van der Waals surface area contributed by atoms with E-state index in [0.29, 0.717) is 18.2 Å². The number of nitrogens with two attached hydrogens (primary N) is 1. The Hall–Kier alpha value is -4.43. The van der Waals surface area contributed by atoms with E-state index >= 15 is 0 Å². The van der Waals surface area contributed by atoms with Gasteiger partial charge in [0.15, 0.2) is 0 Å². The van der Waals surface area contributed by atoms with E-state index in [0.717, 1.165) is 36.0 Å². The molecule has 1 amide bonds. The molecule has 41 heavy (non-hydrogen) atoms. The third-order valence-corrected chi connectivity index (χ3v) is 8.00. The first-order chi connectivity index (χ1) is 19.9. The van der Waals surface area contributed by atoms with E-state index in [2.05, 4.69) is 88.5 Å². The van der Waals surface area contributed by atoms with Crippen LogP contribution < -0.4 is 11.1 Å². The molecule has 0 bridgehead atoms. The fourth-order valence-electron chi connectivity index (χ4n) is 5.71. The van der Waals surface area contributed by atoms with Crippen LogP contribution in [-0.2, 0) is 18.4 Å². The monoisotopic (exact) mass is 548 g/mol. The zero-order valence-electron chi connectivity index (χ0n) is 23.7. The maximum absolute atomic E-state index is 13.2. The van der Waals surface area contributed by atoms with Crippen LogP contribution in [0.15, 0.2) is 79.4 Å². The summed E-state index contributed by atoms with van der Waals surface area (Å²) >= 11 is 0. The van der Waals surface area contributed by atoms with Crippen LogP contribution in [0.1, 0.15) is 55.1 Å². The molecule has 8 heteroatoms. The van der Waals surface area contributed by atoms with Gasteiger partial charge in [-0.2, -0.15) is 5.10 Å². The van der Waals surface area contributed by atoms with Gasteiger partial charge < -0.3 is 20.4 Å². The maximum Gasteiger partial charge on any atom is 0.255 e. The zero-order chi connectivity index (χ0) is 28.5.